The molecule has 0 aliphatic heterocycles. The van der Waals surface area contributed by atoms with Gasteiger partial charge < -0.3 is 5.32 Å². The SMILES string of the molecule is CC(C)c1ccc(CCNC(=O)C(C)(C)C)cc1. The molecule has 0 heterocycles. The summed E-state index contributed by atoms with van der Waals surface area (Å²) in [7, 11) is 0. The Hall–Kier alpha value is -1.31. The van der Waals surface area contributed by atoms with E-state index in [4.69, 9.17) is 0 Å². The molecule has 0 aliphatic rings. The van der Waals surface area contributed by atoms with Gasteiger partial charge >= 0.3 is 0 Å². The average Bonchev–Trinajstić information content (AvgIpc) is 2.28. The first-order chi connectivity index (χ1) is 8.30. The van der Waals surface area contributed by atoms with Crippen LogP contribution in [0.1, 0.15) is 51.7 Å². The molecule has 1 amide bonds. The second-order valence-corrected chi connectivity index (χ2v) is 6.15. The van der Waals surface area contributed by atoms with Gasteiger partial charge in [0.1, 0.15) is 0 Å². The largest absolute Gasteiger partial charge is 0.355 e. The number of hydrogen-bond donors (Lipinski definition) is 1. The molecule has 0 saturated carbocycles. The van der Waals surface area contributed by atoms with Gasteiger partial charge in [-0.2, -0.15) is 0 Å². The van der Waals surface area contributed by atoms with Crippen molar-refractivity contribution in [3.8, 4) is 0 Å². The van der Waals surface area contributed by atoms with Gasteiger partial charge in [-0.05, 0) is 23.5 Å². The van der Waals surface area contributed by atoms with E-state index in [0.717, 1.165) is 6.42 Å². The number of hydrogen-bond acceptors (Lipinski definition) is 1. The lowest BCUT2D eigenvalue weighted by Crippen LogP contribution is -2.35. The van der Waals surface area contributed by atoms with Gasteiger partial charge in [0.2, 0.25) is 5.91 Å². The third-order valence-electron chi connectivity index (χ3n) is 3.03. The summed E-state index contributed by atoms with van der Waals surface area (Å²) in [5.41, 5.74) is 2.33. The van der Waals surface area contributed by atoms with Crippen molar-refractivity contribution in [1.29, 1.82) is 0 Å². The molecule has 0 fully saturated rings. The summed E-state index contributed by atoms with van der Waals surface area (Å²) in [6.07, 6.45) is 0.889. The van der Waals surface area contributed by atoms with E-state index < -0.39 is 0 Å². The number of nitrogens with one attached hydrogen (secondary N) is 1. The molecule has 0 bridgehead atoms. The van der Waals surface area contributed by atoms with E-state index in [1.807, 2.05) is 20.8 Å². The maximum atomic E-state index is 11.7. The Balaban J connectivity index is 2.43. The second-order valence-electron chi connectivity index (χ2n) is 6.15. The first-order valence-electron chi connectivity index (χ1n) is 6.68. The molecule has 0 saturated heterocycles. The smallest absolute Gasteiger partial charge is 0.225 e. The van der Waals surface area contributed by atoms with E-state index >= 15 is 0 Å². The van der Waals surface area contributed by atoms with Crippen molar-refractivity contribution in [2.45, 2.75) is 47.0 Å². The topological polar surface area (TPSA) is 29.1 Å². The minimum Gasteiger partial charge on any atom is -0.355 e. The van der Waals surface area contributed by atoms with Crippen LogP contribution in [-0.4, -0.2) is 12.5 Å². The lowest BCUT2D eigenvalue weighted by molar-refractivity contribution is -0.128. The van der Waals surface area contributed by atoms with E-state index in [1.165, 1.54) is 11.1 Å². The lowest BCUT2D eigenvalue weighted by atomic mass is 9.95. The van der Waals surface area contributed by atoms with Gasteiger partial charge in [-0.15, -0.1) is 0 Å². The van der Waals surface area contributed by atoms with Crippen LogP contribution >= 0.6 is 0 Å². The van der Waals surface area contributed by atoms with Crippen LogP contribution in [0.3, 0.4) is 0 Å². The van der Waals surface area contributed by atoms with E-state index in [9.17, 15) is 4.79 Å². The van der Waals surface area contributed by atoms with Gasteiger partial charge in [-0.25, -0.2) is 0 Å². The third kappa shape index (κ3) is 4.52. The standard InChI is InChI=1S/C16H25NO/c1-12(2)14-8-6-13(7-9-14)10-11-17-15(18)16(3,4)5/h6-9,12H,10-11H2,1-5H3,(H,17,18). The Morgan fingerprint density at radius 1 is 1.17 bits per heavy atom. The number of carbonyl (C=O) groups is 1. The quantitative estimate of drug-likeness (QED) is 0.866. The van der Waals surface area contributed by atoms with Crippen LogP contribution in [0.15, 0.2) is 24.3 Å². The fraction of sp³-hybridized carbons (Fsp3) is 0.562. The molecule has 1 aromatic carbocycles. The predicted octanol–water partition coefficient (Wildman–Crippen LogP) is 3.51. The molecule has 1 aromatic rings. The molecular formula is C16H25NO. The molecule has 1 N–H and O–H groups in total. The summed E-state index contributed by atoms with van der Waals surface area (Å²) in [5, 5.41) is 2.97. The first-order valence-corrected chi connectivity index (χ1v) is 6.68. The summed E-state index contributed by atoms with van der Waals surface area (Å²) < 4.78 is 0. The predicted molar refractivity (Wildman–Crippen MR) is 76.7 cm³/mol. The molecule has 0 atom stereocenters. The van der Waals surface area contributed by atoms with Crippen molar-refractivity contribution in [1.82, 2.24) is 5.32 Å². The molecule has 100 valence electrons. The summed E-state index contributed by atoms with van der Waals surface area (Å²) in [4.78, 5) is 11.7. The molecule has 0 aromatic heterocycles. The van der Waals surface area contributed by atoms with Gasteiger partial charge in [0.05, 0.1) is 0 Å². The van der Waals surface area contributed by atoms with Gasteiger partial charge in [-0.3, -0.25) is 4.79 Å². The van der Waals surface area contributed by atoms with Crippen molar-refractivity contribution in [3.63, 3.8) is 0 Å². The number of amides is 1. The van der Waals surface area contributed by atoms with Crippen molar-refractivity contribution in [2.24, 2.45) is 5.41 Å². The zero-order chi connectivity index (χ0) is 13.8. The summed E-state index contributed by atoms with van der Waals surface area (Å²) in [6.45, 7) is 10.9. The van der Waals surface area contributed by atoms with E-state index in [1.54, 1.807) is 0 Å². The number of carbonyl (C=O) groups excluding carboxylic acids is 1. The van der Waals surface area contributed by atoms with Crippen LogP contribution in [0.25, 0.3) is 0 Å². The minimum absolute atomic E-state index is 0.112. The zero-order valence-corrected chi connectivity index (χ0v) is 12.2. The highest BCUT2D eigenvalue weighted by molar-refractivity contribution is 5.81. The van der Waals surface area contributed by atoms with Gasteiger partial charge in [0.15, 0.2) is 0 Å². The Kier molecular flexibility index (Phi) is 4.94. The van der Waals surface area contributed by atoms with Crippen LogP contribution in [0.5, 0.6) is 0 Å². The normalized spacial score (nSPS) is 11.7. The van der Waals surface area contributed by atoms with Crippen LogP contribution in [-0.2, 0) is 11.2 Å². The van der Waals surface area contributed by atoms with Crippen LogP contribution in [0, 0.1) is 5.41 Å². The maximum Gasteiger partial charge on any atom is 0.225 e. The van der Waals surface area contributed by atoms with Crippen molar-refractivity contribution in [3.05, 3.63) is 35.4 Å². The highest BCUT2D eigenvalue weighted by Crippen LogP contribution is 2.15. The van der Waals surface area contributed by atoms with Crippen molar-refractivity contribution in [2.75, 3.05) is 6.54 Å². The third-order valence-corrected chi connectivity index (χ3v) is 3.03. The molecule has 2 nitrogen and oxygen atoms in total. The van der Waals surface area contributed by atoms with Gasteiger partial charge in [0, 0.05) is 12.0 Å². The summed E-state index contributed by atoms with van der Waals surface area (Å²) in [6, 6.07) is 8.65. The van der Waals surface area contributed by atoms with E-state index in [2.05, 4.69) is 43.4 Å². The molecule has 18 heavy (non-hydrogen) atoms. The monoisotopic (exact) mass is 247 g/mol. The molecule has 1 rings (SSSR count). The molecule has 0 radical (unpaired) electrons. The number of rotatable bonds is 4. The maximum absolute atomic E-state index is 11.7. The molecule has 2 heteroatoms. The summed E-state index contributed by atoms with van der Waals surface area (Å²) >= 11 is 0. The van der Waals surface area contributed by atoms with E-state index in [-0.39, 0.29) is 11.3 Å². The highest BCUT2D eigenvalue weighted by Gasteiger charge is 2.20. The van der Waals surface area contributed by atoms with Crippen LogP contribution < -0.4 is 5.32 Å². The molecular weight excluding hydrogens is 222 g/mol. The minimum atomic E-state index is -0.304. The Morgan fingerprint density at radius 3 is 2.17 bits per heavy atom. The second kappa shape index (κ2) is 6.03. The Labute approximate surface area is 111 Å². The average molecular weight is 247 g/mol. The van der Waals surface area contributed by atoms with Gasteiger partial charge in [-0.1, -0.05) is 58.9 Å². The fourth-order valence-corrected chi connectivity index (χ4v) is 1.65. The van der Waals surface area contributed by atoms with Gasteiger partial charge in [0.25, 0.3) is 0 Å². The molecule has 0 aliphatic carbocycles. The first kappa shape index (κ1) is 14.7. The van der Waals surface area contributed by atoms with Crippen LogP contribution in [0.4, 0.5) is 0 Å². The van der Waals surface area contributed by atoms with E-state index in [0.29, 0.717) is 12.5 Å². The molecule has 0 spiro atoms. The fourth-order valence-electron chi connectivity index (χ4n) is 1.65. The zero-order valence-electron chi connectivity index (χ0n) is 12.2. The Bertz CT molecular complexity index is 385. The Morgan fingerprint density at radius 2 is 1.72 bits per heavy atom. The van der Waals surface area contributed by atoms with Crippen molar-refractivity contribution >= 4 is 5.91 Å². The summed E-state index contributed by atoms with van der Waals surface area (Å²) in [5.74, 6) is 0.681. The number of benzene rings is 1. The van der Waals surface area contributed by atoms with Crippen LogP contribution in [0.2, 0.25) is 0 Å². The molecule has 0 unspecified atom stereocenters. The highest BCUT2D eigenvalue weighted by atomic mass is 16.2. The van der Waals surface area contributed by atoms with Crippen molar-refractivity contribution < 1.29 is 4.79 Å². The lowest BCUT2D eigenvalue weighted by Gasteiger charge is -2.17.